The van der Waals surface area contributed by atoms with Gasteiger partial charge in [0, 0.05) is 18.6 Å². The van der Waals surface area contributed by atoms with Gasteiger partial charge in [0.25, 0.3) is 0 Å². The molecule has 0 aromatic carbocycles. The Hall–Kier alpha value is -0.290. The molecule has 1 aliphatic heterocycles. The zero-order valence-corrected chi connectivity index (χ0v) is 9.27. The molecule has 2 unspecified atom stereocenters. The molecule has 1 fully saturated rings. The minimum atomic E-state index is -4.09. The molecule has 0 aliphatic carbocycles. The van der Waals surface area contributed by atoms with E-state index in [1.54, 1.807) is 0 Å². The SMILES string of the molecule is CCC1CN(CC(F)(F)F)C(C)CCN1. The third-order valence-electron chi connectivity index (χ3n) is 2.95. The van der Waals surface area contributed by atoms with Crippen molar-refractivity contribution in [2.45, 2.75) is 44.9 Å². The highest BCUT2D eigenvalue weighted by molar-refractivity contribution is 4.81. The van der Waals surface area contributed by atoms with E-state index in [4.69, 9.17) is 0 Å². The maximum absolute atomic E-state index is 12.3. The molecule has 1 aliphatic rings. The summed E-state index contributed by atoms with van der Waals surface area (Å²) in [5.74, 6) is 0. The standard InChI is InChI=1S/C10H19F3N2/c1-3-9-6-15(7-10(11,12)13)8(2)4-5-14-9/h8-9,14H,3-7H2,1-2H3. The Morgan fingerprint density at radius 1 is 1.40 bits per heavy atom. The molecule has 2 atom stereocenters. The smallest absolute Gasteiger partial charge is 0.313 e. The van der Waals surface area contributed by atoms with Crippen molar-refractivity contribution in [3.8, 4) is 0 Å². The van der Waals surface area contributed by atoms with Gasteiger partial charge in [0.15, 0.2) is 0 Å². The highest BCUT2D eigenvalue weighted by Crippen LogP contribution is 2.20. The molecule has 15 heavy (non-hydrogen) atoms. The number of nitrogens with one attached hydrogen (secondary N) is 1. The van der Waals surface area contributed by atoms with Crippen LogP contribution < -0.4 is 5.32 Å². The molecule has 0 aromatic rings. The molecule has 1 N–H and O–H groups in total. The molecule has 0 bridgehead atoms. The van der Waals surface area contributed by atoms with E-state index in [0.29, 0.717) is 6.54 Å². The van der Waals surface area contributed by atoms with Gasteiger partial charge in [-0.1, -0.05) is 6.92 Å². The third-order valence-corrected chi connectivity index (χ3v) is 2.95. The quantitative estimate of drug-likeness (QED) is 0.772. The number of hydrogen-bond donors (Lipinski definition) is 1. The summed E-state index contributed by atoms with van der Waals surface area (Å²) in [5, 5.41) is 3.27. The summed E-state index contributed by atoms with van der Waals surface area (Å²) in [6.45, 7) is 4.39. The van der Waals surface area contributed by atoms with E-state index in [2.05, 4.69) is 5.32 Å². The average molecular weight is 224 g/mol. The third kappa shape index (κ3) is 4.38. The monoisotopic (exact) mass is 224 g/mol. The first-order valence-corrected chi connectivity index (χ1v) is 5.46. The van der Waals surface area contributed by atoms with Crippen LogP contribution in [0.3, 0.4) is 0 Å². The molecule has 0 amide bonds. The Morgan fingerprint density at radius 3 is 2.60 bits per heavy atom. The van der Waals surface area contributed by atoms with E-state index in [1.165, 1.54) is 4.90 Å². The Bertz CT molecular complexity index is 194. The van der Waals surface area contributed by atoms with Crippen molar-refractivity contribution in [2.75, 3.05) is 19.6 Å². The number of alkyl halides is 3. The van der Waals surface area contributed by atoms with Crippen LogP contribution in [0.2, 0.25) is 0 Å². The van der Waals surface area contributed by atoms with Crippen molar-refractivity contribution in [1.82, 2.24) is 10.2 Å². The predicted octanol–water partition coefficient (Wildman–Crippen LogP) is 2.01. The van der Waals surface area contributed by atoms with E-state index < -0.39 is 12.7 Å². The minimum absolute atomic E-state index is 0.00988. The summed E-state index contributed by atoms with van der Waals surface area (Å²) < 4.78 is 36.9. The Labute approximate surface area is 88.8 Å². The molecule has 5 heteroatoms. The maximum atomic E-state index is 12.3. The van der Waals surface area contributed by atoms with Gasteiger partial charge in [0.1, 0.15) is 0 Å². The summed E-state index contributed by atoms with van der Waals surface area (Å²) in [7, 11) is 0. The molecule has 90 valence electrons. The van der Waals surface area contributed by atoms with E-state index in [1.807, 2.05) is 13.8 Å². The molecule has 2 nitrogen and oxygen atoms in total. The lowest BCUT2D eigenvalue weighted by atomic mass is 10.2. The van der Waals surface area contributed by atoms with Crippen molar-refractivity contribution in [3.63, 3.8) is 0 Å². The molecule has 1 saturated heterocycles. The zero-order valence-electron chi connectivity index (χ0n) is 9.27. The van der Waals surface area contributed by atoms with E-state index in [-0.39, 0.29) is 12.1 Å². The topological polar surface area (TPSA) is 15.3 Å². The van der Waals surface area contributed by atoms with E-state index >= 15 is 0 Å². The lowest BCUT2D eigenvalue weighted by Crippen LogP contribution is -2.44. The van der Waals surface area contributed by atoms with Crippen LogP contribution in [0.25, 0.3) is 0 Å². The van der Waals surface area contributed by atoms with Crippen LogP contribution in [0, 0.1) is 0 Å². The number of nitrogens with zero attached hydrogens (tertiary/aromatic N) is 1. The fourth-order valence-electron chi connectivity index (χ4n) is 1.93. The molecular weight excluding hydrogens is 205 g/mol. The lowest BCUT2D eigenvalue weighted by molar-refractivity contribution is -0.150. The average Bonchev–Trinajstić information content (AvgIpc) is 2.27. The van der Waals surface area contributed by atoms with Gasteiger partial charge in [-0.25, -0.2) is 0 Å². The van der Waals surface area contributed by atoms with Gasteiger partial charge >= 0.3 is 6.18 Å². The molecular formula is C10H19F3N2. The van der Waals surface area contributed by atoms with Gasteiger partial charge in [-0.2, -0.15) is 13.2 Å². The second kappa shape index (κ2) is 5.16. The second-order valence-corrected chi connectivity index (χ2v) is 4.24. The number of halogens is 3. The predicted molar refractivity (Wildman–Crippen MR) is 53.8 cm³/mol. The minimum Gasteiger partial charge on any atom is -0.313 e. The maximum Gasteiger partial charge on any atom is 0.401 e. The normalized spacial score (nSPS) is 30.2. The first kappa shape index (κ1) is 12.8. The summed E-state index contributed by atoms with van der Waals surface area (Å²) in [5.41, 5.74) is 0. The first-order valence-electron chi connectivity index (χ1n) is 5.46. The van der Waals surface area contributed by atoms with Crippen molar-refractivity contribution in [2.24, 2.45) is 0 Å². The fraction of sp³-hybridized carbons (Fsp3) is 1.00. The molecule has 0 aromatic heterocycles. The summed E-state index contributed by atoms with van der Waals surface area (Å²) in [4.78, 5) is 1.54. The number of hydrogen-bond acceptors (Lipinski definition) is 2. The molecule has 1 heterocycles. The van der Waals surface area contributed by atoms with E-state index in [0.717, 1.165) is 19.4 Å². The molecule has 0 radical (unpaired) electrons. The summed E-state index contributed by atoms with van der Waals surface area (Å²) in [6, 6.07) is 0.202. The van der Waals surface area contributed by atoms with E-state index in [9.17, 15) is 13.2 Å². The van der Waals surface area contributed by atoms with Crippen LogP contribution in [-0.2, 0) is 0 Å². The van der Waals surface area contributed by atoms with Crippen LogP contribution in [0.1, 0.15) is 26.7 Å². The highest BCUT2D eigenvalue weighted by atomic mass is 19.4. The first-order chi connectivity index (χ1) is 6.92. The Balaban J connectivity index is 2.57. The molecule has 0 saturated carbocycles. The van der Waals surface area contributed by atoms with Crippen LogP contribution in [0.5, 0.6) is 0 Å². The van der Waals surface area contributed by atoms with Gasteiger partial charge in [-0.3, -0.25) is 4.90 Å². The fourth-order valence-corrected chi connectivity index (χ4v) is 1.93. The number of rotatable bonds is 2. The van der Waals surface area contributed by atoms with Gasteiger partial charge in [-0.05, 0) is 26.3 Å². The van der Waals surface area contributed by atoms with Gasteiger partial charge in [0.05, 0.1) is 6.54 Å². The summed E-state index contributed by atoms with van der Waals surface area (Å²) in [6.07, 6.45) is -2.43. The van der Waals surface area contributed by atoms with Crippen molar-refractivity contribution in [1.29, 1.82) is 0 Å². The van der Waals surface area contributed by atoms with Crippen molar-refractivity contribution >= 4 is 0 Å². The van der Waals surface area contributed by atoms with Crippen molar-refractivity contribution in [3.05, 3.63) is 0 Å². The lowest BCUT2D eigenvalue weighted by Gasteiger charge is -2.29. The van der Waals surface area contributed by atoms with Gasteiger partial charge in [0.2, 0.25) is 0 Å². The van der Waals surface area contributed by atoms with Gasteiger partial charge < -0.3 is 5.32 Å². The van der Waals surface area contributed by atoms with Crippen LogP contribution in [0.4, 0.5) is 13.2 Å². The zero-order chi connectivity index (χ0) is 11.5. The second-order valence-electron chi connectivity index (χ2n) is 4.24. The Morgan fingerprint density at radius 2 is 2.07 bits per heavy atom. The largest absolute Gasteiger partial charge is 0.401 e. The van der Waals surface area contributed by atoms with Crippen LogP contribution >= 0.6 is 0 Å². The van der Waals surface area contributed by atoms with Crippen molar-refractivity contribution < 1.29 is 13.2 Å². The molecule has 1 rings (SSSR count). The van der Waals surface area contributed by atoms with Gasteiger partial charge in [-0.15, -0.1) is 0 Å². The summed E-state index contributed by atoms with van der Waals surface area (Å²) >= 11 is 0. The Kier molecular flexibility index (Phi) is 4.40. The van der Waals surface area contributed by atoms with Crippen LogP contribution in [-0.4, -0.2) is 42.8 Å². The van der Waals surface area contributed by atoms with Crippen LogP contribution in [0.15, 0.2) is 0 Å². The highest BCUT2D eigenvalue weighted by Gasteiger charge is 2.34. The molecule has 0 spiro atoms.